The molecule has 0 fully saturated rings. The van der Waals surface area contributed by atoms with E-state index in [1.807, 2.05) is 25.2 Å². The third-order valence-corrected chi connectivity index (χ3v) is 2.99. The van der Waals surface area contributed by atoms with Crippen LogP contribution in [0.3, 0.4) is 0 Å². The van der Waals surface area contributed by atoms with Gasteiger partial charge in [-0.1, -0.05) is 18.2 Å². The number of nitrogens with one attached hydrogen (secondary N) is 1. The van der Waals surface area contributed by atoms with E-state index in [1.165, 1.54) is 0 Å². The summed E-state index contributed by atoms with van der Waals surface area (Å²) in [7, 11) is 4.05. The Bertz CT molecular complexity index is 315. The molecule has 16 heavy (non-hydrogen) atoms. The monoisotopic (exact) mass is 222 g/mol. The fourth-order valence-corrected chi connectivity index (χ4v) is 1.78. The van der Waals surface area contributed by atoms with E-state index in [0.717, 1.165) is 25.1 Å². The molecule has 0 saturated heterocycles. The first kappa shape index (κ1) is 13.0. The summed E-state index contributed by atoms with van der Waals surface area (Å²) < 4.78 is 0. The van der Waals surface area contributed by atoms with Crippen LogP contribution in [0.2, 0.25) is 0 Å². The molecule has 0 aliphatic rings. The van der Waals surface area contributed by atoms with Gasteiger partial charge in [-0.25, -0.2) is 0 Å². The van der Waals surface area contributed by atoms with Gasteiger partial charge < -0.3 is 10.4 Å². The van der Waals surface area contributed by atoms with Gasteiger partial charge in [-0.3, -0.25) is 4.90 Å². The van der Waals surface area contributed by atoms with E-state index in [-0.39, 0.29) is 6.04 Å². The molecule has 1 unspecified atom stereocenters. The summed E-state index contributed by atoms with van der Waals surface area (Å²) in [5, 5.41) is 12.9. The van der Waals surface area contributed by atoms with Gasteiger partial charge in [-0.15, -0.1) is 0 Å². The summed E-state index contributed by atoms with van der Waals surface area (Å²) in [6.07, 6.45) is 1.12. The number of nitrogens with zero attached hydrogens (tertiary/aromatic N) is 1. The zero-order chi connectivity index (χ0) is 12.0. The summed E-state index contributed by atoms with van der Waals surface area (Å²) in [4.78, 5) is 2.26. The summed E-state index contributed by atoms with van der Waals surface area (Å²) in [5.74, 6) is 0.385. The van der Waals surface area contributed by atoms with Gasteiger partial charge in [0.25, 0.3) is 0 Å². The van der Waals surface area contributed by atoms with Crippen LogP contribution in [0.4, 0.5) is 0 Å². The number of benzene rings is 1. The zero-order valence-electron chi connectivity index (χ0n) is 10.4. The molecule has 0 heterocycles. The summed E-state index contributed by atoms with van der Waals surface area (Å²) in [5.41, 5.74) is 0.995. The van der Waals surface area contributed by atoms with E-state index in [2.05, 4.69) is 24.2 Å². The zero-order valence-corrected chi connectivity index (χ0v) is 10.4. The lowest BCUT2D eigenvalue weighted by atomic mass is 10.1. The number of aromatic hydroxyl groups is 1. The fraction of sp³-hybridized carbons (Fsp3) is 0.538. The molecule has 0 amide bonds. The number of para-hydroxylation sites is 1. The summed E-state index contributed by atoms with van der Waals surface area (Å²) in [6.45, 7) is 4.17. The van der Waals surface area contributed by atoms with Crippen LogP contribution in [-0.4, -0.2) is 37.2 Å². The van der Waals surface area contributed by atoms with Crippen molar-refractivity contribution >= 4 is 0 Å². The van der Waals surface area contributed by atoms with Gasteiger partial charge in [0.15, 0.2) is 0 Å². The number of hydrogen-bond acceptors (Lipinski definition) is 3. The highest BCUT2D eigenvalue weighted by molar-refractivity contribution is 5.34. The van der Waals surface area contributed by atoms with Crippen LogP contribution in [0.25, 0.3) is 0 Å². The topological polar surface area (TPSA) is 35.5 Å². The Morgan fingerprint density at radius 3 is 2.69 bits per heavy atom. The third-order valence-electron chi connectivity index (χ3n) is 2.99. The quantitative estimate of drug-likeness (QED) is 0.723. The molecule has 1 aromatic rings. The molecule has 0 radical (unpaired) electrons. The number of hydrogen-bond donors (Lipinski definition) is 2. The average Bonchev–Trinajstić information content (AvgIpc) is 2.29. The van der Waals surface area contributed by atoms with Crippen molar-refractivity contribution in [3.05, 3.63) is 29.8 Å². The van der Waals surface area contributed by atoms with Crippen LogP contribution in [0.1, 0.15) is 24.9 Å². The minimum atomic E-state index is 0.248. The van der Waals surface area contributed by atoms with Crippen LogP contribution >= 0.6 is 0 Å². The predicted octanol–water partition coefficient (Wildman–Crippen LogP) is 1.99. The van der Waals surface area contributed by atoms with Gasteiger partial charge in [0.2, 0.25) is 0 Å². The molecule has 3 nitrogen and oxygen atoms in total. The Kier molecular flexibility index (Phi) is 5.29. The number of rotatable bonds is 6. The lowest BCUT2D eigenvalue weighted by molar-refractivity contribution is 0.253. The lowest BCUT2D eigenvalue weighted by Crippen LogP contribution is -2.25. The second-order valence-corrected chi connectivity index (χ2v) is 4.17. The first-order valence-corrected chi connectivity index (χ1v) is 5.79. The largest absolute Gasteiger partial charge is 0.508 e. The first-order chi connectivity index (χ1) is 7.66. The van der Waals surface area contributed by atoms with Crippen molar-refractivity contribution in [1.82, 2.24) is 10.2 Å². The summed E-state index contributed by atoms with van der Waals surface area (Å²) >= 11 is 0. The predicted molar refractivity (Wildman–Crippen MR) is 67.7 cm³/mol. The average molecular weight is 222 g/mol. The van der Waals surface area contributed by atoms with Crippen molar-refractivity contribution in [1.29, 1.82) is 0 Å². The molecular formula is C13H22N2O. The Morgan fingerprint density at radius 2 is 2.06 bits per heavy atom. The summed E-state index contributed by atoms with van der Waals surface area (Å²) in [6, 6.07) is 7.79. The Morgan fingerprint density at radius 1 is 1.38 bits per heavy atom. The van der Waals surface area contributed by atoms with Crippen LogP contribution in [-0.2, 0) is 0 Å². The first-order valence-electron chi connectivity index (χ1n) is 5.79. The lowest BCUT2D eigenvalue weighted by Gasteiger charge is -2.25. The van der Waals surface area contributed by atoms with E-state index in [0.29, 0.717) is 5.75 Å². The molecule has 0 aromatic heterocycles. The van der Waals surface area contributed by atoms with Crippen LogP contribution in [0.15, 0.2) is 24.3 Å². The van der Waals surface area contributed by atoms with Crippen molar-refractivity contribution in [2.24, 2.45) is 0 Å². The number of phenolic OH excluding ortho intramolecular Hbond substituents is 1. The van der Waals surface area contributed by atoms with Gasteiger partial charge in [-0.2, -0.15) is 0 Å². The maximum atomic E-state index is 9.76. The molecule has 1 rings (SSSR count). The maximum Gasteiger partial charge on any atom is 0.120 e. The van der Waals surface area contributed by atoms with Gasteiger partial charge in [0.1, 0.15) is 5.75 Å². The van der Waals surface area contributed by atoms with E-state index >= 15 is 0 Å². The second kappa shape index (κ2) is 6.51. The molecule has 1 atom stereocenters. The second-order valence-electron chi connectivity index (χ2n) is 4.17. The van der Waals surface area contributed by atoms with Gasteiger partial charge in [-0.05, 0) is 46.6 Å². The highest BCUT2D eigenvalue weighted by Crippen LogP contribution is 2.26. The highest BCUT2D eigenvalue weighted by atomic mass is 16.3. The molecule has 0 saturated carbocycles. The van der Waals surface area contributed by atoms with Gasteiger partial charge in [0.05, 0.1) is 0 Å². The Hall–Kier alpha value is -1.06. The molecule has 3 heteroatoms. The minimum Gasteiger partial charge on any atom is -0.508 e. The van der Waals surface area contributed by atoms with Crippen molar-refractivity contribution in [2.45, 2.75) is 19.4 Å². The SMILES string of the molecule is CNCCCN(C)C(C)c1ccccc1O. The molecule has 2 N–H and O–H groups in total. The Balaban J connectivity index is 2.56. The Labute approximate surface area is 98.1 Å². The molecule has 0 aliphatic heterocycles. The maximum absolute atomic E-state index is 9.76. The van der Waals surface area contributed by atoms with Crippen molar-refractivity contribution in [3.8, 4) is 5.75 Å². The third kappa shape index (κ3) is 3.51. The van der Waals surface area contributed by atoms with Crippen molar-refractivity contribution in [2.75, 3.05) is 27.2 Å². The smallest absolute Gasteiger partial charge is 0.120 e. The molecule has 0 aliphatic carbocycles. The fourth-order valence-electron chi connectivity index (χ4n) is 1.78. The van der Waals surface area contributed by atoms with Crippen LogP contribution in [0, 0.1) is 0 Å². The molecular weight excluding hydrogens is 200 g/mol. The molecule has 0 bridgehead atoms. The van der Waals surface area contributed by atoms with Crippen molar-refractivity contribution in [3.63, 3.8) is 0 Å². The highest BCUT2D eigenvalue weighted by Gasteiger charge is 2.13. The van der Waals surface area contributed by atoms with Gasteiger partial charge in [0, 0.05) is 11.6 Å². The van der Waals surface area contributed by atoms with E-state index in [4.69, 9.17) is 0 Å². The van der Waals surface area contributed by atoms with Crippen LogP contribution < -0.4 is 5.32 Å². The van der Waals surface area contributed by atoms with Gasteiger partial charge >= 0.3 is 0 Å². The number of phenols is 1. The molecule has 0 spiro atoms. The van der Waals surface area contributed by atoms with E-state index in [1.54, 1.807) is 6.07 Å². The van der Waals surface area contributed by atoms with Crippen molar-refractivity contribution < 1.29 is 5.11 Å². The normalized spacial score (nSPS) is 13.0. The minimum absolute atomic E-state index is 0.248. The standard InChI is InChI=1S/C13H22N2O/c1-11(15(3)10-6-9-14-2)12-7-4-5-8-13(12)16/h4-5,7-8,11,14,16H,6,9-10H2,1-3H3. The molecule has 1 aromatic carbocycles. The van der Waals surface area contributed by atoms with Crippen LogP contribution in [0.5, 0.6) is 5.75 Å². The van der Waals surface area contributed by atoms with E-state index in [9.17, 15) is 5.11 Å². The molecule has 90 valence electrons. The van der Waals surface area contributed by atoms with E-state index < -0.39 is 0 Å².